The van der Waals surface area contributed by atoms with E-state index in [1.165, 1.54) is 6.42 Å². The van der Waals surface area contributed by atoms with Crippen LogP contribution in [-0.2, 0) is 6.42 Å². The van der Waals surface area contributed by atoms with Crippen molar-refractivity contribution in [1.82, 2.24) is 9.97 Å². The Morgan fingerprint density at radius 2 is 2.19 bits per heavy atom. The average Bonchev–Trinajstić information content (AvgIpc) is 2.47. The predicted octanol–water partition coefficient (Wildman–Crippen LogP) is 2.07. The fourth-order valence-corrected chi connectivity index (χ4v) is 3.20. The highest BCUT2D eigenvalue weighted by Crippen LogP contribution is 2.34. The molecular formula is C15H27N5O. The van der Waals surface area contributed by atoms with Gasteiger partial charge in [0.2, 0.25) is 0 Å². The number of hydrogen-bond acceptors (Lipinski definition) is 6. The maximum atomic E-state index is 9.87. The lowest BCUT2D eigenvalue weighted by atomic mass is 9.77. The van der Waals surface area contributed by atoms with Crippen LogP contribution < -0.4 is 16.6 Å². The highest BCUT2D eigenvalue weighted by atomic mass is 16.3. The first-order valence-electron chi connectivity index (χ1n) is 7.84. The number of nitrogens with one attached hydrogen (secondary N) is 2. The second kappa shape index (κ2) is 7.04. The third-order valence-electron chi connectivity index (χ3n) is 4.18. The van der Waals surface area contributed by atoms with Gasteiger partial charge >= 0.3 is 0 Å². The highest BCUT2D eigenvalue weighted by molar-refractivity contribution is 5.48. The largest absolute Gasteiger partial charge is 0.394 e. The van der Waals surface area contributed by atoms with E-state index in [2.05, 4.69) is 34.6 Å². The molecule has 0 aromatic carbocycles. The van der Waals surface area contributed by atoms with Crippen molar-refractivity contribution >= 4 is 11.6 Å². The summed E-state index contributed by atoms with van der Waals surface area (Å²) in [7, 11) is 0. The first kappa shape index (κ1) is 16.0. The molecule has 1 aliphatic carbocycles. The minimum absolute atomic E-state index is 0.121. The lowest BCUT2D eigenvalue weighted by molar-refractivity contribution is 0.149. The predicted molar refractivity (Wildman–Crippen MR) is 84.9 cm³/mol. The monoisotopic (exact) mass is 293 g/mol. The SMILES string of the molecule is CCCc1nc(NN)cc(NC2(CO)CCCC(C)C2)n1. The molecule has 0 amide bonds. The number of nitrogens with two attached hydrogens (primary N) is 1. The van der Waals surface area contributed by atoms with E-state index >= 15 is 0 Å². The van der Waals surface area contributed by atoms with Crippen LogP contribution in [0.3, 0.4) is 0 Å². The smallest absolute Gasteiger partial charge is 0.145 e. The second-order valence-corrected chi connectivity index (χ2v) is 6.21. The van der Waals surface area contributed by atoms with Crippen molar-refractivity contribution in [3.8, 4) is 0 Å². The molecule has 1 aromatic rings. The van der Waals surface area contributed by atoms with Crippen molar-refractivity contribution in [3.05, 3.63) is 11.9 Å². The molecule has 1 heterocycles. The Balaban J connectivity index is 2.21. The third-order valence-corrected chi connectivity index (χ3v) is 4.18. The van der Waals surface area contributed by atoms with Crippen LogP contribution >= 0.6 is 0 Å². The molecule has 118 valence electrons. The molecule has 1 aliphatic rings. The molecule has 0 saturated heterocycles. The van der Waals surface area contributed by atoms with Crippen molar-refractivity contribution in [3.63, 3.8) is 0 Å². The minimum atomic E-state index is -0.276. The van der Waals surface area contributed by atoms with Gasteiger partial charge in [0.1, 0.15) is 17.5 Å². The van der Waals surface area contributed by atoms with Crippen LogP contribution in [0.2, 0.25) is 0 Å². The van der Waals surface area contributed by atoms with E-state index in [9.17, 15) is 5.11 Å². The van der Waals surface area contributed by atoms with Gasteiger partial charge in [0.05, 0.1) is 12.1 Å². The Labute approximate surface area is 126 Å². The van der Waals surface area contributed by atoms with Crippen molar-refractivity contribution in [2.45, 2.75) is 57.9 Å². The van der Waals surface area contributed by atoms with E-state index in [0.717, 1.165) is 43.7 Å². The van der Waals surface area contributed by atoms with E-state index in [1.54, 1.807) is 6.07 Å². The number of aliphatic hydroxyl groups is 1. The maximum Gasteiger partial charge on any atom is 0.145 e. The van der Waals surface area contributed by atoms with Gasteiger partial charge in [-0.2, -0.15) is 0 Å². The fraction of sp³-hybridized carbons (Fsp3) is 0.733. The molecule has 6 heteroatoms. The first-order valence-corrected chi connectivity index (χ1v) is 7.84. The summed E-state index contributed by atoms with van der Waals surface area (Å²) in [6.45, 7) is 4.45. The fourth-order valence-electron chi connectivity index (χ4n) is 3.20. The molecule has 1 fully saturated rings. The molecule has 2 rings (SSSR count). The van der Waals surface area contributed by atoms with Gasteiger partial charge in [0.25, 0.3) is 0 Å². The molecule has 0 bridgehead atoms. The van der Waals surface area contributed by atoms with Crippen molar-refractivity contribution < 1.29 is 5.11 Å². The van der Waals surface area contributed by atoms with E-state index in [-0.39, 0.29) is 12.1 Å². The van der Waals surface area contributed by atoms with Crippen LogP contribution in [0.4, 0.5) is 11.6 Å². The molecular weight excluding hydrogens is 266 g/mol. The van der Waals surface area contributed by atoms with Gasteiger partial charge in [-0.15, -0.1) is 0 Å². The first-order chi connectivity index (χ1) is 10.1. The zero-order valence-electron chi connectivity index (χ0n) is 13.0. The van der Waals surface area contributed by atoms with Gasteiger partial charge in [0, 0.05) is 12.5 Å². The lowest BCUT2D eigenvalue weighted by Gasteiger charge is -2.39. The molecule has 2 unspecified atom stereocenters. The van der Waals surface area contributed by atoms with E-state index < -0.39 is 0 Å². The van der Waals surface area contributed by atoms with Crippen molar-refractivity contribution in [2.24, 2.45) is 11.8 Å². The number of rotatable bonds is 6. The van der Waals surface area contributed by atoms with Gasteiger partial charge in [0.15, 0.2) is 0 Å². The third kappa shape index (κ3) is 4.04. The zero-order chi connectivity index (χ0) is 15.3. The summed E-state index contributed by atoms with van der Waals surface area (Å²) in [6, 6.07) is 1.80. The Kier molecular flexibility index (Phi) is 5.36. The van der Waals surface area contributed by atoms with Crippen LogP contribution in [0.1, 0.15) is 51.8 Å². The quantitative estimate of drug-likeness (QED) is 0.474. The Bertz CT molecular complexity index is 467. The number of anilines is 2. The number of aryl methyl sites for hydroxylation is 1. The maximum absolute atomic E-state index is 9.87. The van der Waals surface area contributed by atoms with Gasteiger partial charge in [-0.1, -0.05) is 26.7 Å². The van der Waals surface area contributed by atoms with E-state index in [4.69, 9.17) is 5.84 Å². The number of hydrazine groups is 1. The summed E-state index contributed by atoms with van der Waals surface area (Å²) in [5.74, 6) is 8.22. The molecule has 5 N–H and O–H groups in total. The number of aliphatic hydroxyl groups excluding tert-OH is 1. The van der Waals surface area contributed by atoms with Crippen LogP contribution in [-0.4, -0.2) is 27.2 Å². The summed E-state index contributed by atoms with van der Waals surface area (Å²) in [5, 5.41) is 13.3. The molecule has 2 atom stereocenters. The summed E-state index contributed by atoms with van der Waals surface area (Å²) in [4.78, 5) is 8.90. The Morgan fingerprint density at radius 1 is 1.43 bits per heavy atom. The zero-order valence-corrected chi connectivity index (χ0v) is 13.0. The number of nitrogen functional groups attached to an aromatic ring is 1. The molecule has 1 saturated carbocycles. The summed E-state index contributed by atoms with van der Waals surface area (Å²) in [5.41, 5.74) is 2.31. The summed E-state index contributed by atoms with van der Waals surface area (Å²) in [6.07, 6.45) is 6.07. The van der Waals surface area contributed by atoms with Gasteiger partial charge in [-0.3, -0.25) is 0 Å². The van der Waals surface area contributed by atoms with Gasteiger partial charge in [-0.05, 0) is 25.2 Å². The van der Waals surface area contributed by atoms with E-state index in [0.29, 0.717) is 11.7 Å². The number of nitrogens with zero attached hydrogens (tertiary/aromatic N) is 2. The molecule has 0 aliphatic heterocycles. The van der Waals surface area contributed by atoms with Gasteiger partial charge in [-0.25, -0.2) is 15.8 Å². The van der Waals surface area contributed by atoms with Crippen LogP contribution in [0, 0.1) is 5.92 Å². The standard InChI is InChI=1S/C15H27N5O/c1-3-5-12-17-13(8-14(18-12)20-16)19-15(10-21)7-4-6-11(2)9-15/h8,11,21H,3-7,9-10,16H2,1-2H3,(H2,17,18,19,20). The average molecular weight is 293 g/mol. The molecule has 21 heavy (non-hydrogen) atoms. The normalized spacial score (nSPS) is 25.6. The van der Waals surface area contributed by atoms with Crippen LogP contribution in [0.15, 0.2) is 6.07 Å². The van der Waals surface area contributed by atoms with Crippen molar-refractivity contribution in [2.75, 3.05) is 17.3 Å². The molecule has 0 radical (unpaired) electrons. The highest BCUT2D eigenvalue weighted by Gasteiger charge is 2.34. The van der Waals surface area contributed by atoms with Gasteiger partial charge < -0.3 is 15.8 Å². The number of hydrogen-bond donors (Lipinski definition) is 4. The number of aromatic nitrogens is 2. The van der Waals surface area contributed by atoms with Crippen molar-refractivity contribution in [1.29, 1.82) is 0 Å². The minimum Gasteiger partial charge on any atom is -0.394 e. The van der Waals surface area contributed by atoms with Crippen LogP contribution in [0.25, 0.3) is 0 Å². The van der Waals surface area contributed by atoms with E-state index in [1.807, 2.05) is 0 Å². The second-order valence-electron chi connectivity index (χ2n) is 6.21. The topological polar surface area (TPSA) is 96.1 Å². The lowest BCUT2D eigenvalue weighted by Crippen LogP contribution is -2.46. The summed E-state index contributed by atoms with van der Waals surface area (Å²) < 4.78 is 0. The molecule has 1 aromatic heterocycles. The molecule has 0 spiro atoms. The molecule has 6 nitrogen and oxygen atoms in total. The Hall–Kier alpha value is -1.40. The van der Waals surface area contributed by atoms with Crippen LogP contribution in [0.5, 0.6) is 0 Å². The summed E-state index contributed by atoms with van der Waals surface area (Å²) >= 11 is 0. The Morgan fingerprint density at radius 3 is 2.81 bits per heavy atom.